The van der Waals surface area contributed by atoms with Crippen molar-refractivity contribution in [3.8, 4) is 5.75 Å². The Bertz CT molecular complexity index is 728. The van der Waals surface area contributed by atoms with Crippen LogP contribution in [0.5, 0.6) is 5.75 Å². The number of esters is 1. The van der Waals surface area contributed by atoms with Gasteiger partial charge in [-0.25, -0.2) is 4.79 Å². The number of ether oxygens (including phenoxy) is 2. The van der Waals surface area contributed by atoms with E-state index in [4.69, 9.17) is 9.47 Å². The summed E-state index contributed by atoms with van der Waals surface area (Å²) >= 11 is 3.35. The monoisotopic (exact) mass is 419 g/mol. The summed E-state index contributed by atoms with van der Waals surface area (Å²) in [5.74, 6) is -0.0181. The Balaban J connectivity index is 1.88. The Hall–Kier alpha value is -2.34. The number of carbonyl (C=O) groups excluding carboxylic acids is 2. The van der Waals surface area contributed by atoms with Gasteiger partial charge in [0.1, 0.15) is 5.75 Å². The summed E-state index contributed by atoms with van der Waals surface area (Å²) in [4.78, 5) is 24.1. The molecule has 26 heavy (non-hydrogen) atoms. The summed E-state index contributed by atoms with van der Waals surface area (Å²) in [5, 5.41) is 2.77. The molecule has 0 saturated heterocycles. The minimum atomic E-state index is -0.658. The van der Waals surface area contributed by atoms with Gasteiger partial charge < -0.3 is 14.8 Å². The van der Waals surface area contributed by atoms with Crippen LogP contribution in [0.4, 0.5) is 5.69 Å². The number of halogens is 1. The number of carbonyl (C=O) groups is 2. The van der Waals surface area contributed by atoms with Gasteiger partial charge in [-0.15, -0.1) is 0 Å². The zero-order chi connectivity index (χ0) is 18.9. The largest absolute Gasteiger partial charge is 0.481 e. The van der Waals surface area contributed by atoms with Crippen LogP contribution in [-0.4, -0.2) is 24.6 Å². The minimum Gasteiger partial charge on any atom is -0.481 e. The first kappa shape index (κ1) is 20.0. The lowest BCUT2D eigenvalue weighted by atomic mass is 10.2. The highest BCUT2D eigenvalue weighted by Gasteiger charge is 2.15. The van der Waals surface area contributed by atoms with Crippen LogP contribution in [-0.2, 0) is 9.53 Å². The molecule has 5 nitrogen and oxygen atoms in total. The average Bonchev–Trinajstić information content (AvgIpc) is 2.64. The van der Waals surface area contributed by atoms with Gasteiger partial charge in [0.15, 0.2) is 6.10 Å². The lowest BCUT2D eigenvalue weighted by Gasteiger charge is -2.15. The second-order valence-electron chi connectivity index (χ2n) is 5.77. The number of anilines is 1. The topological polar surface area (TPSA) is 64.6 Å². The molecule has 0 radical (unpaired) electrons. The van der Waals surface area contributed by atoms with Crippen molar-refractivity contribution in [2.24, 2.45) is 0 Å². The summed E-state index contributed by atoms with van der Waals surface area (Å²) in [5.41, 5.74) is 1.05. The average molecular weight is 420 g/mol. The van der Waals surface area contributed by atoms with Gasteiger partial charge >= 0.3 is 5.97 Å². The van der Waals surface area contributed by atoms with E-state index in [1.54, 1.807) is 43.3 Å². The van der Waals surface area contributed by atoms with Crippen LogP contribution in [0, 0.1) is 0 Å². The first-order chi connectivity index (χ1) is 12.5. The fourth-order valence-corrected chi connectivity index (χ4v) is 2.36. The Labute approximate surface area is 161 Å². The van der Waals surface area contributed by atoms with Crippen LogP contribution >= 0.6 is 15.9 Å². The Morgan fingerprint density at radius 3 is 2.35 bits per heavy atom. The number of amides is 1. The molecule has 0 heterocycles. The summed E-state index contributed by atoms with van der Waals surface area (Å²) in [6, 6.07) is 13.9. The van der Waals surface area contributed by atoms with Gasteiger partial charge in [0.25, 0.3) is 5.91 Å². The maximum Gasteiger partial charge on any atom is 0.338 e. The number of nitrogens with one attached hydrogen (secondary N) is 1. The summed E-state index contributed by atoms with van der Waals surface area (Å²) in [6.45, 7) is 4.13. The SMILES string of the molecule is CCCCOC(=O)c1ccc(NC(=O)C(C)Oc2ccc(Br)cc2)cc1. The van der Waals surface area contributed by atoms with E-state index in [0.717, 1.165) is 17.3 Å². The smallest absolute Gasteiger partial charge is 0.338 e. The highest BCUT2D eigenvalue weighted by molar-refractivity contribution is 9.10. The molecule has 1 N–H and O–H groups in total. The Morgan fingerprint density at radius 2 is 1.73 bits per heavy atom. The van der Waals surface area contributed by atoms with Gasteiger partial charge in [0.05, 0.1) is 12.2 Å². The molecule has 0 aromatic heterocycles. The molecule has 1 atom stereocenters. The fourth-order valence-electron chi connectivity index (χ4n) is 2.10. The first-order valence-electron chi connectivity index (χ1n) is 8.50. The lowest BCUT2D eigenvalue weighted by molar-refractivity contribution is -0.122. The van der Waals surface area contributed by atoms with Crippen LogP contribution < -0.4 is 10.1 Å². The number of hydrogen-bond acceptors (Lipinski definition) is 4. The van der Waals surface area contributed by atoms with Gasteiger partial charge in [-0.05, 0) is 61.9 Å². The molecule has 0 bridgehead atoms. The molecule has 0 fully saturated rings. The molecule has 0 aliphatic rings. The summed E-state index contributed by atoms with van der Waals surface area (Å²) < 4.78 is 11.7. The van der Waals surface area contributed by atoms with E-state index in [1.165, 1.54) is 0 Å². The van der Waals surface area contributed by atoms with E-state index < -0.39 is 6.10 Å². The molecule has 138 valence electrons. The van der Waals surface area contributed by atoms with E-state index in [-0.39, 0.29) is 11.9 Å². The second-order valence-corrected chi connectivity index (χ2v) is 6.69. The van der Waals surface area contributed by atoms with Crippen molar-refractivity contribution in [3.05, 3.63) is 58.6 Å². The predicted molar refractivity (Wildman–Crippen MR) is 104 cm³/mol. The molecule has 0 spiro atoms. The second kappa shape index (κ2) is 9.97. The molecule has 2 aromatic carbocycles. The maximum absolute atomic E-state index is 12.2. The van der Waals surface area contributed by atoms with E-state index in [1.807, 2.05) is 19.1 Å². The van der Waals surface area contributed by atoms with E-state index in [9.17, 15) is 9.59 Å². The molecule has 0 aliphatic carbocycles. The van der Waals surface area contributed by atoms with Gasteiger partial charge in [0.2, 0.25) is 0 Å². The van der Waals surface area contributed by atoms with Crippen molar-refractivity contribution in [2.75, 3.05) is 11.9 Å². The highest BCUT2D eigenvalue weighted by atomic mass is 79.9. The van der Waals surface area contributed by atoms with Gasteiger partial charge in [-0.2, -0.15) is 0 Å². The third kappa shape index (κ3) is 6.19. The zero-order valence-corrected chi connectivity index (χ0v) is 16.4. The molecule has 2 rings (SSSR count). The maximum atomic E-state index is 12.2. The first-order valence-corrected chi connectivity index (χ1v) is 9.29. The minimum absolute atomic E-state index is 0.272. The van der Waals surface area contributed by atoms with Crippen molar-refractivity contribution in [3.63, 3.8) is 0 Å². The molecule has 6 heteroatoms. The Morgan fingerprint density at radius 1 is 1.08 bits per heavy atom. The third-order valence-corrected chi connectivity index (χ3v) is 4.14. The predicted octanol–water partition coefficient (Wildman–Crippen LogP) is 4.81. The molecule has 0 saturated carbocycles. The molecule has 0 aliphatic heterocycles. The number of rotatable bonds is 8. The van der Waals surface area contributed by atoms with Gasteiger partial charge in [-0.1, -0.05) is 29.3 Å². The molecule has 2 aromatic rings. The molecular formula is C20H22BrNO4. The number of benzene rings is 2. The highest BCUT2D eigenvalue weighted by Crippen LogP contribution is 2.18. The van der Waals surface area contributed by atoms with Crippen molar-refractivity contribution < 1.29 is 19.1 Å². The summed E-state index contributed by atoms with van der Waals surface area (Å²) in [7, 11) is 0. The fraction of sp³-hybridized carbons (Fsp3) is 0.300. The normalized spacial score (nSPS) is 11.5. The summed E-state index contributed by atoms with van der Waals surface area (Å²) in [6.07, 6.45) is 1.16. The Kier molecular flexibility index (Phi) is 7.66. The quantitative estimate of drug-likeness (QED) is 0.492. The van der Waals surface area contributed by atoms with Crippen LogP contribution in [0.1, 0.15) is 37.0 Å². The standard InChI is InChI=1S/C20H22BrNO4/c1-3-4-13-25-20(24)15-5-9-17(10-6-15)22-19(23)14(2)26-18-11-7-16(21)8-12-18/h5-12,14H,3-4,13H2,1-2H3,(H,22,23). The van der Waals surface area contributed by atoms with Crippen LogP contribution in [0.2, 0.25) is 0 Å². The van der Waals surface area contributed by atoms with Crippen molar-refractivity contribution in [1.29, 1.82) is 0 Å². The van der Waals surface area contributed by atoms with Gasteiger partial charge in [-0.3, -0.25) is 4.79 Å². The zero-order valence-electron chi connectivity index (χ0n) is 14.8. The van der Waals surface area contributed by atoms with Crippen molar-refractivity contribution in [1.82, 2.24) is 0 Å². The number of hydrogen-bond donors (Lipinski definition) is 1. The van der Waals surface area contributed by atoms with E-state index >= 15 is 0 Å². The van der Waals surface area contributed by atoms with E-state index in [0.29, 0.717) is 23.6 Å². The van der Waals surface area contributed by atoms with Gasteiger partial charge in [0, 0.05) is 10.2 Å². The lowest BCUT2D eigenvalue weighted by Crippen LogP contribution is -2.30. The van der Waals surface area contributed by atoms with Crippen LogP contribution in [0.3, 0.4) is 0 Å². The van der Waals surface area contributed by atoms with Crippen LogP contribution in [0.25, 0.3) is 0 Å². The van der Waals surface area contributed by atoms with Crippen molar-refractivity contribution >= 4 is 33.5 Å². The molecule has 1 unspecified atom stereocenters. The van der Waals surface area contributed by atoms with Crippen LogP contribution in [0.15, 0.2) is 53.0 Å². The number of unbranched alkanes of at least 4 members (excludes halogenated alkanes) is 1. The molecular weight excluding hydrogens is 398 g/mol. The van der Waals surface area contributed by atoms with Crippen molar-refractivity contribution in [2.45, 2.75) is 32.8 Å². The third-order valence-electron chi connectivity index (χ3n) is 3.61. The van der Waals surface area contributed by atoms with E-state index in [2.05, 4.69) is 21.2 Å². The molecule has 1 amide bonds.